The maximum Gasteiger partial charge on any atom is 0.573 e. The number of hydrogen-bond donors (Lipinski definition) is 0. The lowest BCUT2D eigenvalue weighted by molar-refractivity contribution is -0.275. The number of halogens is 4. The fraction of sp³-hybridized carbons (Fsp3) is 0.455. The third kappa shape index (κ3) is 4.09. The molecule has 21 heavy (non-hydrogen) atoms. The third-order valence-corrected chi connectivity index (χ3v) is 5.13. The van der Waals surface area contributed by atoms with Crippen molar-refractivity contribution in [2.75, 3.05) is 26.3 Å². The molecule has 0 bridgehead atoms. The molecule has 1 saturated heterocycles. The Morgan fingerprint density at radius 1 is 1.24 bits per heavy atom. The molecule has 0 unspecified atom stereocenters. The summed E-state index contributed by atoms with van der Waals surface area (Å²) in [4.78, 5) is -0.531. The number of alkyl halides is 3. The van der Waals surface area contributed by atoms with Crippen LogP contribution in [0.1, 0.15) is 0 Å². The Kier molecular flexibility index (Phi) is 4.81. The molecule has 0 aliphatic carbocycles. The molecule has 2 rings (SSSR count). The quantitative estimate of drug-likeness (QED) is 0.796. The molecule has 0 aromatic heterocycles. The molecule has 1 heterocycles. The molecule has 1 aromatic carbocycles. The lowest BCUT2D eigenvalue weighted by atomic mass is 10.3. The average molecular weight is 390 g/mol. The van der Waals surface area contributed by atoms with E-state index < -0.39 is 27.0 Å². The van der Waals surface area contributed by atoms with E-state index in [1.807, 2.05) is 0 Å². The Bertz CT molecular complexity index is 614. The maximum absolute atomic E-state index is 12.4. The van der Waals surface area contributed by atoms with Crippen LogP contribution in [0.15, 0.2) is 27.6 Å². The second-order valence-electron chi connectivity index (χ2n) is 4.16. The molecule has 1 aliphatic heterocycles. The van der Waals surface area contributed by atoms with E-state index in [2.05, 4.69) is 20.7 Å². The second-order valence-corrected chi connectivity index (χ2v) is 6.98. The van der Waals surface area contributed by atoms with Crippen LogP contribution < -0.4 is 4.74 Å². The van der Waals surface area contributed by atoms with Gasteiger partial charge < -0.3 is 9.47 Å². The lowest BCUT2D eigenvalue weighted by Gasteiger charge is -2.27. The highest BCUT2D eigenvalue weighted by Gasteiger charge is 2.36. The number of nitrogens with zero attached hydrogens (tertiary/aromatic N) is 1. The first-order chi connectivity index (χ1) is 9.70. The molecule has 0 atom stereocenters. The van der Waals surface area contributed by atoms with Crippen LogP contribution in [0.2, 0.25) is 0 Å². The van der Waals surface area contributed by atoms with Gasteiger partial charge in [-0.1, -0.05) is 15.9 Å². The third-order valence-electron chi connectivity index (χ3n) is 2.72. The highest BCUT2D eigenvalue weighted by atomic mass is 79.9. The smallest absolute Gasteiger partial charge is 0.404 e. The van der Waals surface area contributed by atoms with Crippen LogP contribution in [0.25, 0.3) is 0 Å². The van der Waals surface area contributed by atoms with Gasteiger partial charge in [0.2, 0.25) is 10.0 Å². The van der Waals surface area contributed by atoms with Crippen molar-refractivity contribution in [3.05, 3.63) is 22.7 Å². The molecule has 0 spiro atoms. The summed E-state index contributed by atoms with van der Waals surface area (Å²) in [6.07, 6.45) is -4.97. The van der Waals surface area contributed by atoms with E-state index >= 15 is 0 Å². The van der Waals surface area contributed by atoms with Crippen LogP contribution in [0.3, 0.4) is 0 Å². The molecular weight excluding hydrogens is 379 g/mol. The Hall–Kier alpha value is -0.840. The second kappa shape index (κ2) is 6.11. The Balaban J connectivity index is 2.43. The average Bonchev–Trinajstić information content (AvgIpc) is 2.40. The van der Waals surface area contributed by atoms with E-state index in [4.69, 9.17) is 4.74 Å². The summed E-state index contributed by atoms with van der Waals surface area (Å²) in [5, 5.41) is 0. The van der Waals surface area contributed by atoms with Crippen LogP contribution in [0.4, 0.5) is 13.2 Å². The summed E-state index contributed by atoms with van der Waals surface area (Å²) in [5.74, 6) is -0.753. The van der Waals surface area contributed by atoms with Gasteiger partial charge >= 0.3 is 6.36 Å². The minimum Gasteiger partial charge on any atom is -0.404 e. The van der Waals surface area contributed by atoms with E-state index in [-0.39, 0.29) is 26.3 Å². The Labute approximate surface area is 127 Å². The van der Waals surface area contributed by atoms with Crippen molar-refractivity contribution in [2.24, 2.45) is 0 Å². The molecule has 0 amide bonds. The number of sulfonamides is 1. The number of rotatable bonds is 3. The van der Waals surface area contributed by atoms with E-state index in [0.717, 1.165) is 16.4 Å². The first-order valence-electron chi connectivity index (χ1n) is 5.83. The first-order valence-corrected chi connectivity index (χ1v) is 8.07. The van der Waals surface area contributed by atoms with Gasteiger partial charge in [0, 0.05) is 17.6 Å². The zero-order valence-corrected chi connectivity index (χ0v) is 13.0. The van der Waals surface area contributed by atoms with Crippen molar-refractivity contribution < 1.29 is 31.1 Å². The van der Waals surface area contributed by atoms with Gasteiger partial charge in [0.15, 0.2) is 0 Å². The predicted octanol–water partition coefficient (Wildman–Crippen LogP) is 2.37. The SMILES string of the molecule is O=S(=O)(c1cc(Br)ccc1OC(F)(F)F)N1CCOCC1. The topological polar surface area (TPSA) is 55.8 Å². The van der Waals surface area contributed by atoms with Crippen molar-refractivity contribution in [1.29, 1.82) is 0 Å². The number of ether oxygens (including phenoxy) is 2. The van der Waals surface area contributed by atoms with Crippen LogP contribution in [-0.2, 0) is 14.8 Å². The van der Waals surface area contributed by atoms with Crippen molar-refractivity contribution in [3.63, 3.8) is 0 Å². The fourth-order valence-corrected chi connectivity index (χ4v) is 3.88. The lowest BCUT2D eigenvalue weighted by Crippen LogP contribution is -2.40. The Morgan fingerprint density at radius 3 is 2.43 bits per heavy atom. The van der Waals surface area contributed by atoms with Crippen LogP contribution in [0.5, 0.6) is 5.75 Å². The molecule has 0 saturated carbocycles. The number of hydrogen-bond acceptors (Lipinski definition) is 4. The highest BCUT2D eigenvalue weighted by Crippen LogP contribution is 2.33. The molecular formula is C11H11BrF3NO4S. The largest absolute Gasteiger partial charge is 0.573 e. The monoisotopic (exact) mass is 389 g/mol. The van der Waals surface area contributed by atoms with E-state index in [1.165, 1.54) is 6.07 Å². The Morgan fingerprint density at radius 2 is 1.86 bits per heavy atom. The van der Waals surface area contributed by atoms with Crippen LogP contribution in [0, 0.1) is 0 Å². The predicted molar refractivity (Wildman–Crippen MR) is 70.4 cm³/mol. The zero-order chi connectivity index (χ0) is 15.7. The van der Waals surface area contributed by atoms with Gasteiger partial charge in [-0.2, -0.15) is 4.31 Å². The van der Waals surface area contributed by atoms with Gasteiger partial charge in [-0.3, -0.25) is 0 Å². The van der Waals surface area contributed by atoms with E-state index in [9.17, 15) is 21.6 Å². The molecule has 1 aliphatic rings. The molecule has 1 aromatic rings. The van der Waals surface area contributed by atoms with E-state index in [0.29, 0.717) is 4.47 Å². The van der Waals surface area contributed by atoms with Crippen LogP contribution in [-0.4, -0.2) is 45.4 Å². The van der Waals surface area contributed by atoms with Gasteiger partial charge in [0.1, 0.15) is 10.6 Å². The summed E-state index contributed by atoms with van der Waals surface area (Å²) >= 11 is 3.05. The zero-order valence-electron chi connectivity index (χ0n) is 10.6. The van der Waals surface area contributed by atoms with Gasteiger partial charge in [-0.15, -0.1) is 13.2 Å². The standard InChI is InChI=1S/C11H11BrF3NO4S/c12-8-1-2-9(20-11(13,14)15)10(7-8)21(17,18)16-3-5-19-6-4-16/h1-2,7H,3-6H2. The minimum absolute atomic E-state index is 0.0836. The van der Waals surface area contributed by atoms with Crippen molar-refractivity contribution >= 4 is 26.0 Å². The number of morpholine rings is 1. The minimum atomic E-state index is -4.97. The van der Waals surface area contributed by atoms with Crippen molar-refractivity contribution in [3.8, 4) is 5.75 Å². The van der Waals surface area contributed by atoms with Crippen LogP contribution >= 0.6 is 15.9 Å². The summed E-state index contributed by atoms with van der Waals surface area (Å²) in [7, 11) is -4.09. The summed E-state index contributed by atoms with van der Waals surface area (Å²) < 4.78 is 72.3. The van der Waals surface area contributed by atoms with Gasteiger partial charge in [0.05, 0.1) is 13.2 Å². The summed E-state index contributed by atoms with van der Waals surface area (Å²) in [6.45, 7) is 0.562. The first kappa shape index (κ1) is 16.5. The van der Waals surface area contributed by atoms with Gasteiger partial charge in [0.25, 0.3) is 0 Å². The molecule has 118 valence electrons. The van der Waals surface area contributed by atoms with Crippen molar-refractivity contribution in [1.82, 2.24) is 4.31 Å². The number of benzene rings is 1. The molecule has 1 fully saturated rings. The van der Waals surface area contributed by atoms with Crippen molar-refractivity contribution in [2.45, 2.75) is 11.3 Å². The fourth-order valence-electron chi connectivity index (χ4n) is 1.82. The maximum atomic E-state index is 12.4. The molecule has 0 N–H and O–H groups in total. The summed E-state index contributed by atoms with van der Waals surface area (Å²) in [5.41, 5.74) is 0. The molecule has 10 heteroatoms. The summed E-state index contributed by atoms with van der Waals surface area (Å²) in [6, 6.07) is 3.33. The highest BCUT2D eigenvalue weighted by molar-refractivity contribution is 9.10. The molecule has 0 radical (unpaired) electrons. The van der Waals surface area contributed by atoms with E-state index in [1.54, 1.807) is 0 Å². The van der Waals surface area contributed by atoms with Gasteiger partial charge in [-0.25, -0.2) is 8.42 Å². The van der Waals surface area contributed by atoms with Gasteiger partial charge in [-0.05, 0) is 18.2 Å². The molecule has 5 nitrogen and oxygen atoms in total. The normalized spacial score (nSPS) is 17.7.